The predicted molar refractivity (Wildman–Crippen MR) is 422 cm³/mol. The molecule has 0 aliphatic carbocycles. The van der Waals surface area contributed by atoms with E-state index in [0.29, 0.717) is 68.7 Å². The first-order valence-electron chi connectivity index (χ1n) is 35.2. The average Bonchev–Trinajstić information content (AvgIpc) is 0.749. The van der Waals surface area contributed by atoms with E-state index in [9.17, 15) is 0 Å². The SMILES string of the molecule is c1ccc2c(c1)Oc1ccccc1N2c1ccc2c(c1)Oc1ccccc1N2c1cnc(-c2cc(-c3ncc(N4c5ccccc5Oc5cc(N6c7ccccc7Oc7ccccc76)ccc54)cn3)cc(-c3ncc(N4c5ccccc5Oc5cc(N6c7ccccc7Sc7ccccc76)ccc54)cn3)c2)nc1. The maximum Gasteiger partial charge on any atom is 0.159 e. The summed E-state index contributed by atoms with van der Waals surface area (Å²) in [7, 11) is 0. The summed E-state index contributed by atoms with van der Waals surface area (Å²) >= 11 is 1.78. The molecule has 108 heavy (non-hydrogen) atoms. The third kappa shape index (κ3) is 9.95. The van der Waals surface area contributed by atoms with Crippen molar-refractivity contribution in [3.8, 4) is 91.7 Å². The van der Waals surface area contributed by atoms with Gasteiger partial charge in [-0.25, -0.2) is 29.9 Å². The van der Waals surface area contributed by atoms with Crippen molar-refractivity contribution in [1.29, 1.82) is 0 Å². The third-order valence-electron chi connectivity index (χ3n) is 20.0. The van der Waals surface area contributed by atoms with E-state index in [0.717, 1.165) is 125 Å². The summed E-state index contributed by atoms with van der Waals surface area (Å²) in [5, 5.41) is 0. The van der Waals surface area contributed by atoms with Gasteiger partial charge in [-0.15, -0.1) is 0 Å². The van der Waals surface area contributed by atoms with Gasteiger partial charge in [-0.1, -0.05) is 121 Å². The van der Waals surface area contributed by atoms with Gasteiger partial charge in [0.2, 0.25) is 0 Å². The lowest BCUT2D eigenvalue weighted by Gasteiger charge is -2.35. The summed E-state index contributed by atoms with van der Waals surface area (Å²) in [6.07, 6.45) is 11.1. The lowest BCUT2D eigenvalue weighted by atomic mass is 10.0. The van der Waals surface area contributed by atoms with Crippen molar-refractivity contribution < 1.29 is 23.7 Å². The topological polar surface area (TPSA) is 143 Å². The molecule has 6 aliphatic heterocycles. The molecule has 0 N–H and O–H groups in total. The van der Waals surface area contributed by atoms with Crippen LogP contribution in [0.5, 0.6) is 57.5 Å². The van der Waals surface area contributed by atoms with E-state index in [2.05, 4.69) is 163 Å². The number of rotatable bonds is 9. The predicted octanol–water partition coefficient (Wildman–Crippen LogP) is 24.9. The molecule has 0 bridgehead atoms. The maximum atomic E-state index is 6.81. The molecule has 16 aromatic rings. The molecule has 0 saturated carbocycles. The van der Waals surface area contributed by atoms with Crippen LogP contribution in [0.15, 0.2) is 338 Å². The van der Waals surface area contributed by atoms with Crippen molar-refractivity contribution in [2.75, 3.05) is 29.4 Å². The van der Waals surface area contributed by atoms with Crippen LogP contribution in [0.25, 0.3) is 34.2 Å². The molecule has 510 valence electrons. The summed E-state index contributed by atoms with van der Waals surface area (Å²) in [6, 6.07) is 98.3. The Hall–Kier alpha value is -14.8. The third-order valence-corrected chi connectivity index (χ3v) is 21.1. The average molecular weight is 1420 g/mol. The van der Waals surface area contributed by atoms with Gasteiger partial charge in [0, 0.05) is 44.7 Å². The second kappa shape index (κ2) is 24.4. The van der Waals surface area contributed by atoms with E-state index in [4.69, 9.17) is 53.6 Å². The Balaban J connectivity index is 0.635. The van der Waals surface area contributed by atoms with Crippen molar-refractivity contribution in [2.45, 2.75) is 9.79 Å². The van der Waals surface area contributed by atoms with Crippen molar-refractivity contribution >= 4 is 114 Å². The van der Waals surface area contributed by atoms with Crippen LogP contribution < -0.4 is 53.1 Å². The van der Waals surface area contributed by atoms with Gasteiger partial charge in [0.25, 0.3) is 0 Å². The molecule has 17 nitrogen and oxygen atoms in total. The zero-order valence-electron chi connectivity index (χ0n) is 57.0. The molecule has 0 spiro atoms. The standard InChI is InChI=1S/C90H54N12O5S/c1-10-28-76-64(19-1)97(65-20-2-11-29-77(65)103-76)58-37-40-71-83(46-58)105-80-32-14-5-23-68(80)100(71)61-49-91-88(92-50-61)55-43-56(89-93-51-62(52-94-89)101-69-24-6-15-33-81(69)106-84-47-59(38-41-72(84)101)98-66-21-3-12-30-78(66)104-79-31-13-4-22-67(79)98)45-57(44-55)90-95-53-63(54-96-90)102-70-25-7-16-34-82(70)107-85-48-60(39-42-73(85)102)99-74-26-8-17-35-86(74)108-87-36-18-9-27-75(87)99/h1-54H. The van der Waals surface area contributed by atoms with E-state index >= 15 is 0 Å². The number of hydrogen-bond donors (Lipinski definition) is 0. The van der Waals surface area contributed by atoms with Gasteiger partial charge >= 0.3 is 0 Å². The molecule has 0 fully saturated rings. The molecule has 13 aromatic carbocycles. The molecule has 3 aromatic heterocycles. The number of nitrogens with zero attached hydrogens (tertiary/aromatic N) is 12. The van der Waals surface area contributed by atoms with Crippen molar-refractivity contribution in [2.24, 2.45) is 0 Å². The highest BCUT2D eigenvalue weighted by Crippen LogP contribution is 2.60. The lowest BCUT2D eigenvalue weighted by Crippen LogP contribution is -2.18. The van der Waals surface area contributed by atoms with E-state index < -0.39 is 0 Å². The van der Waals surface area contributed by atoms with Crippen LogP contribution in [0.1, 0.15) is 0 Å². The number of benzene rings is 13. The number of fused-ring (bicyclic) bond motifs is 12. The highest BCUT2D eigenvalue weighted by Gasteiger charge is 2.35. The first kappa shape index (κ1) is 60.8. The molecule has 18 heteroatoms. The molecule has 0 atom stereocenters. The Kier molecular flexibility index (Phi) is 13.8. The van der Waals surface area contributed by atoms with Gasteiger partial charge in [-0.05, 0) is 164 Å². The zero-order valence-corrected chi connectivity index (χ0v) is 57.8. The summed E-state index contributed by atoms with van der Waals surface area (Å²) in [4.78, 5) is 46.6. The molecule has 6 aliphatic rings. The smallest absolute Gasteiger partial charge is 0.159 e. The van der Waals surface area contributed by atoms with Gasteiger partial charge in [-0.3, -0.25) is 0 Å². The minimum atomic E-state index is 0.456. The first-order chi connectivity index (χ1) is 53.5. The van der Waals surface area contributed by atoms with E-state index in [1.54, 1.807) is 11.8 Å². The number of hydrogen-bond acceptors (Lipinski definition) is 18. The Morgan fingerprint density at radius 3 is 0.657 bits per heavy atom. The fraction of sp³-hybridized carbons (Fsp3) is 0. The second-order valence-corrected chi connectivity index (χ2v) is 27.5. The van der Waals surface area contributed by atoms with Crippen LogP contribution in [0.4, 0.5) is 102 Å². The molecule has 0 saturated heterocycles. The normalized spacial score (nSPS) is 13.4. The Bertz CT molecular complexity index is 5610. The minimum Gasteiger partial charge on any atom is -0.453 e. The molecule has 0 unspecified atom stereocenters. The van der Waals surface area contributed by atoms with Crippen LogP contribution in [0.3, 0.4) is 0 Å². The summed E-state index contributed by atoms with van der Waals surface area (Å²) in [5.74, 6) is 8.49. The molecule has 0 radical (unpaired) electrons. The molecular weight excluding hydrogens is 1360 g/mol. The van der Waals surface area contributed by atoms with Gasteiger partial charge in [0.15, 0.2) is 75.0 Å². The lowest BCUT2D eigenvalue weighted by molar-refractivity contribution is 0.474. The van der Waals surface area contributed by atoms with Crippen LogP contribution >= 0.6 is 11.8 Å². The monoisotopic (exact) mass is 1410 g/mol. The van der Waals surface area contributed by atoms with Crippen LogP contribution in [0.2, 0.25) is 0 Å². The van der Waals surface area contributed by atoms with Crippen LogP contribution in [-0.4, -0.2) is 29.9 Å². The fourth-order valence-electron chi connectivity index (χ4n) is 15.2. The van der Waals surface area contributed by atoms with Crippen LogP contribution in [-0.2, 0) is 0 Å². The summed E-state index contributed by atoms with van der Waals surface area (Å²) in [5.41, 5.74) is 17.9. The van der Waals surface area contributed by atoms with Crippen molar-refractivity contribution in [3.05, 3.63) is 328 Å². The quantitative estimate of drug-likeness (QED) is 0.135. The largest absolute Gasteiger partial charge is 0.453 e. The molecule has 0 amide bonds. The Morgan fingerprint density at radius 1 is 0.185 bits per heavy atom. The van der Waals surface area contributed by atoms with Gasteiger partial charge < -0.3 is 53.1 Å². The molecule has 9 heterocycles. The van der Waals surface area contributed by atoms with Crippen molar-refractivity contribution in [3.63, 3.8) is 0 Å². The number of ether oxygens (including phenoxy) is 5. The van der Waals surface area contributed by atoms with E-state index in [-0.39, 0.29) is 0 Å². The number of para-hydroxylation sites is 16. The second-order valence-electron chi connectivity index (χ2n) is 26.4. The molecule has 22 rings (SSSR count). The van der Waals surface area contributed by atoms with Crippen molar-refractivity contribution in [1.82, 2.24) is 29.9 Å². The van der Waals surface area contributed by atoms with Crippen LogP contribution in [0, 0.1) is 0 Å². The number of aromatic nitrogens is 6. The summed E-state index contributed by atoms with van der Waals surface area (Å²) < 4.78 is 33.2. The van der Waals surface area contributed by atoms with Gasteiger partial charge in [0.05, 0.1) is 140 Å². The van der Waals surface area contributed by atoms with E-state index in [1.807, 2.05) is 195 Å². The minimum absolute atomic E-state index is 0.456. The Morgan fingerprint density at radius 2 is 0.389 bits per heavy atom. The van der Waals surface area contributed by atoms with Gasteiger partial charge in [-0.2, -0.15) is 0 Å². The fourth-order valence-corrected chi connectivity index (χ4v) is 16.3. The highest BCUT2D eigenvalue weighted by molar-refractivity contribution is 7.99. The maximum absolute atomic E-state index is 6.81. The van der Waals surface area contributed by atoms with E-state index in [1.165, 1.54) is 9.79 Å². The summed E-state index contributed by atoms with van der Waals surface area (Å²) in [6.45, 7) is 0. The first-order valence-corrected chi connectivity index (χ1v) is 36.1. The van der Waals surface area contributed by atoms with Gasteiger partial charge in [0.1, 0.15) is 0 Å². The Labute approximate surface area is 623 Å². The highest BCUT2D eigenvalue weighted by atomic mass is 32.2. The zero-order chi connectivity index (χ0) is 70.9. The number of anilines is 18. The molecular formula is C90H54N12O5S.